The Labute approximate surface area is 100 Å². The number of rotatable bonds is 2. The maximum absolute atomic E-state index is 13.9. The van der Waals surface area contributed by atoms with Crippen LogP contribution in [0.3, 0.4) is 0 Å². The first-order valence-corrected chi connectivity index (χ1v) is 5.86. The molecule has 2 nitrogen and oxygen atoms in total. The molecule has 1 unspecified atom stereocenters. The SMILES string of the molecule is CCN1CCOCC1(C)c1cc(F)ccc1F. The summed E-state index contributed by atoms with van der Waals surface area (Å²) in [7, 11) is 0. The van der Waals surface area contributed by atoms with Gasteiger partial charge < -0.3 is 4.74 Å². The van der Waals surface area contributed by atoms with E-state index in [1.807, 2.05) is 13.8 Å². The van der Waals surface area contributed by atoms with Crippen LogP contribution in [-0.4, -0.2) is 31.2 Å². The molecule has 4 heteroatoms. The molecule has 1 saturated heterocycles. The van der Waals surface area contributed by atoms with Gasteiger partial charge >= 0.3 is 0 Å². The summed E-state index contributed by atoms with van der Waals surface area (Å²) < 4.78 is 32.6. The summed E-state index contributed by atoms with van der Waals surface area (Å²) in [5.74, 6) is -0.790. The molecule has 1 fully saturated rings. The molecule has 2 rings (SSSR count). The minimum Gasteiger partial charge on any atom is -0.378 e. The number of hydrogen-bond donors (Lipinski definition) is 0. The lowest BCUT2D eigenvalue weighted by Gasteiger charge is -2.44. The van der Waals surface area contributed by atoms with Gasteiger partial charge in [-0.15, -0.1) is 0 Å². The van der Waals surface area contributed by atoms with E-state index in [4.69, 9.17) is 4.74 Å². The molecule has 0 bridgehead atoms. The van der Waals surface area contributed by atoms with Gasteiger partial charge in [-0.1, -0.05) is 6.92 Å². The van der Waals surface area contributed by atoms with Gasteiger partial charge in [0.2, 0.25) is 0 Å². The highest BCUT2D eigenvalue weighted by molar-refractivity contribution is 5.27. The van der Waals surface area contributed by atoms with Crippen molar-refractivity contribution in [2.75, 3.05) is 26.3 Å². The number of morpholine rings is 1. The average molecular weight is 241 g/mol. The van der Waals surface area contributed by atoms with E-state index >= 15 is 0 Å². The first kappa shape index (κ1) is 12.5. The first-order chi connectivity index (χ1) is 8.08. The van der Waals surface area contributed by atoms with Crippen molar-refractivity contribution in [2.45, 2.75) is 19.4 Å². The Kier molecular flexibility index (Phi) is 3.45. The second kappa shape index (κ2) is 4.70. The number of halogens is 2. The molecule has 1 heterocycles. The zero-order chi connectivity index (χ0) is 12.5. The fraction of sp³-hybridized carbons (Fsp3) is 0.538. The highest BCUT2D eigenvalue weighted by Gasteiger charge is 2.38. The van der Waals surface area contributed by atoms with Crippen molar-refractivity contribution in [1.29, 1.82) is 0 Å². The largest absolute Gasteiger partial charge is 0.378 e. The van der Waals surface area contributed by atoms with E-state index in [9.17, 15) is 8.78 Å². The Balaban J connectivity index is 2.44. The van der Waals surface area contributed by atoms with Crippen LogP contribution >= 0.6 is 0 Å². The molecule has 0 aliphatic carbocycles. The number of likely N-dealkylation sites (N-methyl/N-ethyl adjacent to an activating group) is 1. The minimum atomic E-state index is -0.584. The van der Waals surface area contributed by atoms with Gasteiger partial charge in [0.15, 0.2) is 0 Å². The molecule has 1 aromatic rings. The summed E-state index contributed by atoms with van der Waals surface area (Å²) in [4.78, 5) is 2.12. The topological polar surface area (TPSA) is 12.5 Å². The van der Waals surface area contributed by atoms with Gasteiger partial charge in [-0.25, -0.2) is 8.78 Å². The molecular weight excluding hydrogens is 224 g/mol. The van der Waals surface area contributed by atoms with Crippen molar-refractivity contribution in [2.24, 2.45) is 0 Å². The van der Waals surface area contributed by atoms with E-state index < -0.39 is 11.4 Å². The van der Waals surface area contributed by atoms with Crippen molar-refractivity contribution < 1.29 is 13.5 Å². The summed E-state index contributed by atoms with van der Waals surface area (Å²) in [6, 6.07) is 3.59. The van der Waals surface area contributed by atoms with Gasteiger partial charge in [0.05, 0.1) is 18.8 Å². The van der Waals surface area contributed by atoms with Crippen LogP contribution in [0.4, 0.5) is 8.78 Å². The van der Waals surface area contributed by atoms with Gasteiger partial charge in [-0.3, -0.25) is 4.90 Å². The minimum absolute atomic E-state index is 0.374. The maximum atomic E-state index is 13.9. The number of ether oxygens (including phenoxy) is 1. The average Bonchev–Trinajstić information content (AvgIpc) is 2.33. The molecule has 0 aromatic heterocycles. The Morgan fingerprint density at radius 2 is 2.18 bits per heavy atom. The highest BCUT2D eigenvalue weighted by atomic mass is 19.1. The fourth-order valence-electron chi connectivity index (χ4n) is 2.45. The lowest BCUT2D eigenvalue weighted by Crippen LogP contribution is -2.52. The summed E-state index contributed by atoms with van der Waals surface area (Å²) in [5, 5.41) is 0. The van der Waals surface area contributed by atoms with Gasteiger partial charge in [0.25, 0.3) is 0 Å². The predicted molar refractivity (Wildman–Crippen MR) is 61.8 cm³/mol. The van der Waals surface area contributed by atoms with Crippen LogP contribution in [0.2, 0.25) is 0 Å². The number of benzene rings is 1. The molecule has 17 heavy (non-hydrogen) atoms. The molecule has 1 aliphatic rings. The fourth-order valence-corrected chi connectivity index (χ4v) is 2.45. The molecule has 1 aliphatic heterocycles. The van der Waals surface area contributed by atoms with E-state index in [2.05, 4.69) is 4.90 Å². The second-order valence-electron chi connectivity index (χ2n) is 4.53. The highest BCUT2D eigenvalue weighted by Crippen LogP contribution is 2.33. The third-order valence-electron chi connectivity index (χ3n) is 3.48. The molecule has 0 amide bonds. The van der Waals surface area contributed by atoms with Crippen LogP contribution in [0, 0.1) is 11.6 Å². The van der Waals surface area contributed by atoms with Gasteiger partial charge in [0.1, 0.15) is 11.6 Å². The smallest absolute Gasteiger partial charge is 0.128 e. The molecule has 0 radical (unpaired) electrons. The molecule has 0 N–H and O–H groups in total. The summed E-state index contributed by atoms with van der Waals surface area (Å²) >= 11 is 0. The van der Waals surface area contributed by atoms with Crippen LogP contribution in [0.5, 0.6) is 0 Å². The zero-order valence-electron chi connectivity index (χ0n) is 10.2. The quantitative estimate of drug-likeness (QED) is 0.789. The zero-order valence-corrected chi connectivity index (χ0v) is 10.2. The molecule has 1 aromatic carbocycles. The third-order valence-corrected chi connectivity index (χ3v) is 3.48. The van der Waals surface area contributed by atoms with Crippen molar-refractivity contribution >= 4 is 0 Å². The maximum Gasteiger partial charge on any atom is 0.128 e. The molecule has 1 atom stereocenters. The van der Waals surface area contributed by atoms with Crippen LogP contribution in [0.15, 0.2) is 18.2 Å². The van der Waals surface area contributed by atoms with Gasteiger partial charge in [0, 0.05) is 12.1 Å². The van der Waals surface area contributed by atoms with Crippen molar-refractivity contribution in [3.05, 3.63) is 35.4 Å². The van der Waals surface area contributed by atoms with Gasteiger partial charge in [-0.05, 0) is 31.7 Å². The Morgan fingerprint density at radius 1 is 1.41 bits per heavy atom. The van der Waals surface area contributed by atoms with Crippen LogP contribution < -0.4 is 0 Å². The standard InChI is InChI=1S/C13H17F2NO/c1-3-16-6-7-17-9-13(16,2)11-8-10(14)4-5-12(11)15/h4-5,8H,3,6-7,9H2,1-2H3. The van der Waals surface area contributed by atoms with E-state index in [1.54, 1.807) is 0 Å². The molecule has 94 valence electrons. The number of nitrogens with zero attached hydrogens (tertiary/aromatic N) is 1. The summed E-state index contributed by atoms with van der Waals surface area (Å²) in [5.41, 5.74) is -0.210. The van der Waals surface area contributed by atoms with Crippen molar-refractivity contribution in [1.82, 2.24) is 4.90 Å². The Bertz CT molecular complexity index is 410. The predicted octanol–water partition coefficient (Wildman–Crippen LogP) is 2.53. The van der Waals surface area contributed by atoms with E-state index in [0.717, 1.165) is 19.2 Å². The Hall–Kier alpha value is -1.00. The van der Waals surface area contributed by atoms with Crippen LogP contribution in [0.25, 0.3) is 0 Å². The molecule has 0 saturated carbocycles. The van der Waals surface area contributed by atoms with Crippen molar-refractivity contribution in [3.8, 4) is 0 Å². The number of hydrogen-bond acceptors (Lipinski definition) is 2. The molecular formula is C13H17F2NO. The summed E-state index contributed by atoms with van der Waals surface area (Å²) in [6.45, 7) is 6.47. The lowest BCUT2D eigenvalue weighted by atomic mass is 9.89. The Morgan fingerprint density at radius 3 is 2.88 bits per heavy atom. The first-order valence-electron chi connectivity index (χ1n) is 5.86. The molecule has 0 spiro atoms. The second-order valence-corrected chi connectivity index (χ2v) is 4.53. The van der Waals surface area contributed by atoms with E-state index in [0.29, 0.717) is 18.8 Å². The van der Waals surface area contributed by atoms with Crippen LogP contribution in [-0.2, 0) is 10.3 Å². The van der Waals surface area contributed by atoms with E-state index in [1.165, 1.54) is 12.1 Å². The monoisotopic (exact) mass is 241 g/mol. The van der Waals surface area contributed by atoms with E-state index in [-0.39, 0.29) is 5.82 Å². The lowest BCUT2D eigenvalue weighted by molar-refractivity contribution is -0.0627. The summed E-state index contributed by atoms with van der Waals surface area (Å²) in [6.07, 6.45) is 0. The van der Waals surface area contributed by atoms with Crippen molar-refractivity contribution in [3.63, 3.8) is 0 Å². The third kappa shape index (κ3) is 2.19. The van der Waals surface area contributed by atoms with Crippen LogP contribution in [0.1, 0.15) is 19.4 Å². The normalized spacial score (nSPS) is 26.1. The van der Waals surface area contributed by atoms with Gasteiger partial charge in [-0.2, -0.15) is 0 Å².